The van der Waals surface area contributed by atoms with Gasteiger partial charge in [0.2, 0.25) is 5.95 Å². The summed E-state index contributed by atoms with van der Waals surface area (Å²) >= 11 is 0. The summed E-state index contributed by atoms with van der Waals surface area (Å²) < 4.78 is 0. The number of nitrogens with zero attached hydrogens (tertiary/aromatic N) is 2. The second kappa shape index (κ2) is 9.37. The summed E-state index contributed by atoms with van der Waals surface area (Å²) in [6, 6.07) is 14.9. The number of hydrogen-bond acceptors (Lipinski definition) is 6. The number of anilines is 4. The fraction of sp³-hybridized carbons (Fsp3) is 0.143. The predicted molar refractivity (Wildman–Crippen MR) is 117 cm³/mol. The first-order valence-corrected chi connectivity index (χ1v) is 9.27. The van der Waals surface area contributed by atoms with E-state index in [1.54, 1.807) is 13.1 Å². The molecule has 0 saturated carbocycles. The summed E-state index contributed by atoms with van der Waals surface area (Å²) in [5, 5.41) is 11.5. The van der Waals surface area contributed by atoms with Crippen molar-refractivity contribution in [1.82, 2.24) is 15.3 Å². The normalized spacial score (nSPS) is 10.2. The molecule has 0 aliphatic heterocycles. The maximum Gasteiger partial charge on any atom is 0.318 e. The second-order valence-electron chi connectivity index (χ2n) is 6.52. The van der Waals surface area contributed by atoms with E-state index in [-0.39, 0.29) is 17.5 Å². The number of benzene rings is 2. The Balaban J connectivity index is 1.82. The predicted octanol–water partition coefficient (Wildman–Crippen LogP) is 2.99. The van der Waals surface area contributed by atoms with Gasteiger partial charge in [0.15, 0.2) is 0 Å². The van der Waals surface area contributed by atoms with Crippen LogP contribution in [0.4, 0.5) is 27.9 Å². The van der Waals surface area contributed by atoms with Crippen LogP contribution in [-0.2, 0) is 6.54 Å². The quantitative estimate of drug-likeness (QED) is 0.410. The lowest BCUT2D eigenvalue weighted by molar-refractivity contribution is 0.100. The molecule has 2 aromatic carbocycles. The van der Waals surface area contributed by atoms with E-state index in [9.17, 15) is 9.59 Å². The highest BCUT2D eigenvalue weighted by molar-refractivity contribution is 5.97. The van der Waals surface area contributed by atoms with Gasteiger partial charge in [0.25, 0.3) is 5.91 Å². The van der Waals surface area contributed by atoms with Crippen molar-refractivity contribution in [2.45, 2.75) is 13.5 Å². The third-order valence-electron chi connectivity index (χ3n) is 4.33. The van der Waals surface area contributed by atoms with Gasteiger partial charge in [-0.2, -0.15) is 4.98 Å². The first kappa shape index (κ1) is 20.6. The van der Waals surface area contributed by atoms with Crippen LogP contribution in [0, 0.1) is 6.92 Å². The number of carbonyl (C=O) groups excluding carboxylic acids is 2. The number of nitrogens with two attached hydrogens (primary N) is 1. The van der Waals surface area contributed by atoms with Crippen molar-refractivity contribution < 1.29 is 9.59 Å². The van der Waals surface area contributed by atoms with Crippen LogP contribution in [0.1, 0.15) is 21.5 Å². The number of amides is 3. The van der Waals surface area contributed by atoms with Gasteiger partial charge in [-0.05, 0) is 30.2 Å². The van der Waals surface area contributed by atoms with Crippen LogP contribution >= 0.6 is 0 Å². The molecule has 0 radical (unpaired) electrons. The zero-order chi connectivity index (χ0) is 21.5. The highest BCUT2D eigenvalue weighted by atomic mass is 16.2. The van der Waals surface area contributed by atoms with Crippen molar-refractivity contribution >= 4 is 35.1 Å². The molecular weight excluding hydrogens is 382 g/mol. The van der Waals surface area contributed by atoms with Gasteiger partial charge >= 0.3 is 6.03 Å². The van der Waals surface area contributed by atoms with Crippen LogP contribution in [0.5, 0.6) is 0 Å². The van der Waals surface area contributed by atoms with E-state index in [0.717, 1.165) is 11.1 Å². The molecule has 3 amide bonds. The number of carbonyl (C=O) groups is 2. The van der Waals surface area contributed by atoms with Gasteiger partial charge in [-0.25, -0.2) is 9.78 Å². The molecule has 9 nitrogen and oxygen atoms in total. The van der Waals surface area contributed by atoms with Gasteiger partial charge in [0.05, 0.1) is 5.56 Å². The van der Waals surface area contributed by atoms with Gasteiger partial charge in [-0.15, -0.1) is 0 Å². The van der Waals surface area contributed by atoms with Gasteiger partial charge in [-0.3, -0.25) is 4.79 Å². The molecule has 1 aromatic heterocycles. The molecule has 0 fully saturated rings. The lowest BCUT2D eigenvalue weighted by Crippen LogP contribution is -2.24. The number of urea groups is 1. The summed E-state index contributed by atoms with van der Waals surface area (Å²) in [6.45, 7) is 2.36. The van der Waals surface area contributed by atoms with E-state index in [1.807, 2.05) is 49.4 Å². The zero-order valence-corrected chi connectivity index (χ0v) is 16.7. The summed E-state index contributed by atoms with van der Waals surface area (Å²) in [5.41, 5.74) is 8.91. The van der Waals surface area contributed by atoms with Gasteiger partial charge in [0.1, 0.15) is 5.82 Å². The molecule has 30 heavy (non-hydrogen) atoms. The highest BCUT2D eigenvalue weighted by Crippen LogP contribution is 2.23. The molecule has 0 aliphatic rings. The van der Waals surface area contributed by atoms with Gasteiger partial charge in [-0.1, -0.05) is 36.4 Å². The highest BCUT2D eigenvalue weighted by Gasteiger charge is 2.13. The Kier molecular flexibility index (Phi) is 6.43. The van der Waals surface area contributed by atoms with E-state index in [4.69, 9.17) is 5.73 Å². The van der Waals surface area contributed by atoms with Crippen LogP contribution in [-0.4, -0.2) is 29.0 Å². The molecule has 0 atom stereocenters. The minimum absolute atomic E-state index is 0.197. The van der Waals surface area contributed by atoms with Crippen molar-refractivity contribution in [3.05, 3.63) is 71.4 Å². The maximum atomic E-state index is 11.8. The third kappa shape index (κ3) is 5.22. The summed E-state index contributed by atoms with van der Waals surface area (Å²) in [6.07, 6.45) is 1.38. The molecule has 154 valence electrons. The topological polar surface area (TPSA) is 134 Å². The standard InChI is InChI=1S/C21H23N7O2/c1-13-8-9-15(10-17(13)27-21(30)23-2)26-20-25-12-16(18(22)29)19(28-20)24-11-14-6-4-3-5-7-14/h3-10,12H,11H2,1-2H3,(H2,22,29)(H2,23,27,30)(H2,24,25,26,28). The number of hydrogen-bond donors (Lipinski definition) is 5. The summed E-state index contributed by atoms with van der Waals surface area (Å²) in [7, 11) is 1.55. The fourth-order valence-electron chi connectivity index (χ4n) is 2.69. The molecule has 9 heteroatoms. The summed E-state index contributed by atoms with van der Waals surface area (Å²) in [5.74, 6) is -0.00510. The minimum atomic E-state index is -0.621. The molecule has 0 unspecified atom stereocenters. The van der Waals surface area contributed by atoms with Crippen LogP contribution in [0.15, 0.2) is 54.7 Å². The molecule has 3 rings (SSSR count). The van der Waals surface area contributed by atoms with E-state index < -0.39 is 5.91 Å². The Hall–Kier alpha value is -4.14. The number of aryl methyl sites for hydroxylation is 1. The monoisotopic (exact) mass is 405 g/mol. The average molecular weight is 405 g/mol. The molecule has 0 bridgehead atoms. The molecule has 1 heterocycles. The van der Waals surface area contributed by atoms with Gasteiger partial charge in [0, 0.05) is 31.2 Å². The van der Waals surface area contributed by atoms with Crippen LogP contribution in [0.25, 0.3) is 0 Å². The van der Waals surface area contributed by atoms with E-state index >= 15 is 0 Å². The van der Waals surface area contributed by atoms with Crippen molar-refractivity contribution in [2.24, 2.45) is 5.73 Å². The average Bonchev–Trinajstić information content (AvgIpc) is 2.75. The number of rotatable bonds is 7. The molecule has 3 aromatic rings. The van der Waals surface area contributed by atoms with Crippen LogP contribution in [0.3, 0.4) is 0 Å². The number of primary amides is 1. The molecule has 0 spiro atoms. The van der Waals surface area contributed by atoms with Crippen molar-refractivity contribution in [1.29, 1.82) is 0 Å². The number of nitrogens with one attached hydrogen (secondary N) is 4. The Morgan fingerprint density at radius 2 is 1.87 bits per heavy atom. The van der Waals surface area contributed by atoms with E-state index in [2.05, 4.69) is 31.2 Å². The largest absolute Gasteiger partial charge is 0.365 e. The molecule has 0 saturated heterocycles. The number of aromatic nitrogens is 2. The van der Waals surface area contributed by atoms with E-state index in [0.29, 0.717) is 23.7 Å². The third-order valence-corrected chi connectivity index (χ3v) is 4.33. The lowest BCUT2D eigenvalue weighted by atomic mass is 10.2. The zero-order valence-electron chi connectivity index (χ0n) is 16.7. The smallest absolute Gasteiger partial charge is 0.318 e. The Morgan fingerprint density at radius 3 is 2.57 bits per heavy atom. The Bertz CT molecular complexity index is 1050. The van der Waals surface area contributed by atoms with Gasteiger partial charge < -0.3 is 27.0 Å². The molecule has 6 N–H and O–H groups in total. The van der Waals surface area contributed by atoms with Crippen LogP contribution in [0.2, 0.25) is 0 Å². The Labute approximate surface area is 174 Å². The SMILES string of the molecule is CNC(=O)Nc1cc(Nc2ncc(C(N)=O)c(NCc3ccccc3)n2)ccc1C. The van der Waals surface area contributed by atoms with Crippen molar-refractivity contribution in [3.63, 3.8) is 0 Å². The second-order valence-corrected chi connectivity index (χ2v) is 6.52. The molecular formula is C21H23N7O2. The van der Waals surface area contributed by atoms with Crippen molar-refractivity contribution in [2.75, 3.05) is 23.0 Å². The van der Waals surface area contributed by atoms with E-state index in [1.165, 1.54) is 6.20 Å². The van der Waals surface area contributed by atoms with Crippen LogP contribution < -0.4 is 27.0 Å². The fourth-order valence-corrected chi connectivity index (χ4v) is 2.69. The lowest BCUT2D eigenvalue weighted by Gasteiger charge is -2.13. The minimum Gasteiger partial charge on any atom is -0.365 e. The molecule has 0 aliphatic carbocycles. The van der Waals surface area contributed by atoms with Crippen molar-refractivity contribution in [3.8, 4) is 0 Å². The first-order chi connectivity index (χ1) is 14.5. The Morgan fingerprint density at radius 1 is 1.10 bits per heavy atom. The maximum absolute atomic E-state index is 11.8. The first-order valence-electron chi connectivity index (χ1n) is 9.27. The summed E-state index contributed by atoms with van der Waals surface area (Å²) in [4.78, 5) is 31.9.